The summed E-state index contributed by atoms with van der Waals surface area (Å²) in [6.07, 6.45) is 7.00. The van der Waals surface area contributed by atoms with Gasteiger partial charge < -0.3 is 10.1 Å². The van der Waals surface area contributed by atoms with E-state index in [1.807, 2.05) is 24.3 Å². The van der Waals surface area contributed by atoms with Crippen LogP contribution in [0.2, 0.25) is 0 Å². The lowest BCUT2D eigenvalue weighted by Crippen LogP contribution is -2.23. The van der Waals surface area contributed by atoms with Crippen LogP contribution < -0.4 is 10.1 Å². The highest BCUT2D eigenvalue weighted by molar-refractivity contribution is 5.96. The molecule has 0 fully saturated rings. The first-order valence-corrected chi connectivity index (χ1v) is 9.50. The van der Waals surface area contributed by atoms with Crippen molar-refractivity contribution in [3.63, 3.8) is 0 Å². The predicted molar refractivity (Wildman–Crippen MR) is 109 cm³/mol. The molecule has 1 aliphatic rings. The quantitative estimate of drug-likeness (QED) is 0.532. The van der Waals surface area contributed by atoms with Gasteiger partial charge in [0, 0.05) is 41.4 Å². The number of aromatic amines is 1. The van der Waals surface area contributed by atoms with E-state index in [4.69, 9.17) is 4.74 Å². The first kappa shape index (κ1) is 18.0. The predicted octanol–water partition coefficient (Wildman–Crippen LogP) is 2.59. The fourth-order valence-corrected chi connectivity index (χ4v) is 3.90. The molecule has 9 nitrogen and oxygen atoms in total. The topological polar surface area (TPSA) is 111 Å². The molecule has 0 spiro atoms. The number of H-pyrrole nitrogens is 1. The minimum atomic E-state index is -0.150. The number of hydrogen-bond acceptors (Lipinski definition) is 6. The van der Waals surface area contributed by atoms with Gasteiger partial charge in [-0.3, -0.25) is 14.9 Å². The Morgan fingerprint density at radius 3 is 2.97 bits per heavy atom. The van der Waals surface area contributed by atoms with Crippen LogP contribution in [0.3, 0.4) is 0 Å². The summed E-state index contributed by atoms with van der Waals surface area (Å²) in [5.41, 5.74) is 4.70. The van der Waals surface area contributed by atoms with E-state index in [9.17, 15) is 4.79 Å². The number of amides is 1. The molecule has 4 aromatic rings. The lowest BCUT2D eigenvalue weighted by molar-refractivity contribution is -0.116. The zero-order valence-corrected chi connectivity index (χ0v) is 16.2. The van der Waals surface area contributed by atoms with Crippen LogP contribution in [0.15, 0.2) is 55.4 Å². The molecular formula is C21H19N7O2. The van der Waals surface area contributed by atoms with E-state index in [2.05, 4.69) is 36.6 Å². The average Bonchev–Trinajstić information content (AvgIpc) is 3.43. The largest absolute Gasteiger partial charge is 0.496 e. The van der Waals surface area contributed by atoms with Gasteiger partial charge in [-0.15, -0.1) is 0 Å². The van der Waals surface area contributed by atoms with Crippen molar-refractivity contribution in [3.8, 4) is 17.0 Å². The number of pyridine rings is 1. The molecule has 0 saturated carbocycles. The van der Waals surface area contributed by atoms with Crippen LogP contribution >= 0.6 is 0 Å². The molecule has 5 rings (SSSR count). The molecule has 0 saturated heterocycles. The van der Waals surface area contributed by atoms with Crippen LogP contribution in [0.25, 0.3) is 11.3 Å². The molecular weight excluding hydrogens is 382 g/mol. The number of fused-ring (bicyclic) bond motifs is 1. The number of benzene rings is 1. The number of nitrogens with zero attached hydrogens (tertiary/aromatic N) is 5. The highest BCUT2D eigenvalue weighted by Gasteiger charge is 2.32. The molecule has 0 aliphatic carbocycles. The van der Waals surface area contributed by atoms with Crippen molar-refractivity contribution in [3.05, 3.63) is 72.1 Å². The van der Waals surface area contributed by atoms with Crippen LogP contribution in [0, 0.1) is 0 Å². The molecule has 1 aromatic carbocycles. The number of ether oxygens (including phenoxy) is 1. The number of carbonyl (C=O) groups excluding carboxylic acids is 1. The Kier molecular flexibility index (Phi) is 4.47. The van der Waals surface area contributed by atoms with E-state index in [0.29, 0.717) is 18.8 Å². The summed E-state index contributed by atoms with van der Waals surface area (Å²) >= 11 is 0. The van der Waals surface area contributed by atoms with Gasteiger partial charge >= 0.3 is 0 Å². The second-order valence-electron chi connectivity index (χ2n) is 7.07. The lowest BCUT2D eigenvalue weighted by atomic mass is 9.84. The van der Waals surface area contributed by atoms with E-state index in [-0.39, 0.29) is 11.8 Å². The SMILES string of the molecule is COc1ccc(C2CC(=O)Nc3n[nH]c(-c4cccnc4)c32)cc1Cn1cncn1. The Morgan fingerprint density at radius 2 is 2.20 bits per heavy atom. The van der Waals surface area contributed by atoms with E-state index >= 15 is 0 Å². The van der Waals surface area contributed by atoms with Gasteiger partial charge in [-0.2, -0.15) is 10.2 Å². The second kappa shape index (κ2) is 7.43. The molecule has 30 heavy (non-hydrogen) atoms. The van der Waals surface area contributed by atoms with E-state index < -0.39 is 0 Å². The molecule has 2 N–H and O–H groups in total. The standard InChI is InChI=1S/C21H19N7O2/c1-30-17-5-4-13(7-15(17)10-28-12-23-11-24-28)16-8-18(29)25-21-19(16)20(26-27-21)14-3-2-6-22-9-14/h2-7,9,11-12,16H,8,10H2,1H3,(H2,25,26,27,29). The third-order valence-corrected chi connectivity index (χ3v) is 5.26. The first-order chi connectivity index (χ1) is 14.7. The maximum absolute atomic E-state index is 12.4. The molecule has 0 bridgehead atoms. The number of methoxy groups -OCH3 is 1. The van der Waals surface area contributed by atoms with Crippen molar-refractivity contribution >= 4 is 11.7 Å². The zero-order chi connectivity index (χ0) is 20.5. The summed E-state index contributed by atoms with van der Waals surface area (Å²) in [5.74, 6) is 1.10. The van der Waals surface area contributed by atoms with Gasteiger partial charge in [0.1, 0.15) is 18.4 Å². The normalized spacial score (nSPS) is 15.5. The molecule has 1 amide bonds. The fraction of sp³-hybridized carbons (Fsp3) is 0.190. The Morgan fingerprint density at radius 1 is 1.27 bits per heavy atom. The summed E-state index contributed by atoms with van der Waals surface area (Å²) in [5, 5.41) is 14.5. The smallest absolute Gasteiger partial charge is 0.226 e. The summed E-state index contributed by atoms with van der Waals surface area (Å²) in [7, 11) is 1.64. The van der Waals surface area contributed by atoms with Gasteiger partial charge in [0.25, 0.3) is 0 Å². The van der Waals surface area contributed by atoms with Crippen LogP contribution in [-0.2, 0) is 11.3 Å². The third-order valence-electron chi connectivity index (χ3n) is 5.26. The van der Waals surface area contributed by atoms with Crippen molar-refractivity contribution in [1.29, 1.82) is 0 Å². The Balaban J connectivity index is 1.60. The van der Waals surface area contributed by atoms with Crippen molar-refractivity contribution in [2.45, 2.75) is 18.9 Å². The lowest BCUT2D eigenvalue weighted by Gasteiger charge is -2.24. The maximum atomic E-state index is 12.4. The second-order valence-corrected chi connectivity index (χ2v) is 7.07. The van der Waals surface area contributed by atoms with Gasteiger partial charge in [-0.1, -0.05) is 6.07 Å². The van der Waals surface area contributed by atoms with E-state index in [1.54, 1.807) is 30.5 Å². The minimum absolute atomic E-state index is 0.0645. The van der Waals surface area contributed by atoms with Gasteiger partial charge in [-0.05, 0) is 29.8 Å². The Bertz CT molecular complexity index is 1190. The van der Waals surface area contributed by atoms with Gasteiger partial charge in [0.15, 0.2) is 5.82 Å². The molecule has 1 atom stereocenters. The fourth-order valence-electron chi connectivity index (χ4n) is 3.90. The highest BCUT2D eigenvalue weighted by Crippen LogP contribution is 2.42. The summed E-state index contributed by atoms with van der Waals surface area (Å²) in [6, 6.07) is 9.84. The highest BCUT2D eigenvalue weighted by atomic mass is 16.5. The summed E-state index contributed by atoms with van der Waals surface area (Å²) in [4.78, 5) is 20.6. The van der Waals surface area contributed by atoms with Gasteiger partial charge in [0.05, 0.1) is 19.3 Å². The van der Waals surface area contributed by atoms with E-state index in [1.165, 1.54) is 6.33 Å². The number of anilines is 1. The average molecular weight is 401 g/mol. The van der Waals surface area contributed by atoms with Gasteiger partial charge in [0.2, 0.25) is 5.91 Å². The summed E-state index contributed by atoms with van der Waals surface area (Å²) in [6.45, 7) is 0.517. The molecule has 4 heterocycles. The number of rotatable bonds is 5. The van der Waals surface area contributed by atoms with Crippen molar-refractivity contribution < 1.29 is 9.53 Å². The molecule has 0 radical (unpaired) electrons. The van der Waals surface area contributed by atoms with Crippen molar-refractivity contribution in [2.75, 3.05) is 12.4 Å². The van der Waals surface area contributed by atoms with Crippen LogP contribution in [0.1, 0.15) is 29.0 Å². The van der Waals surface area contributed by atoms with Crippen LogP contribution in [0.5, 0.6) is 5.75 Å². The Hall–Kier alpha value is -4.01. The monoisotopic (exact) mass is 401 g/mol. The first-order valence-electron chi connectivity index (χ1n) is 9.50. The molecule has 9 heteroatoms. The van der Waals surface area contributed by atoms with Crippen LogP contribution in [-0.4, -0.2) is 43.0 Å². The van der Waals surface area contributed by atoms with Gasteiger partial charge in [-0.25, -0.2) is 9.67 Å². The zero-order valence-electron chi connectivity index (χ0n) is 16.2. The van der Waals surface area contributed by atoms with E-state index in [0.717, 1.165) is 33.7 Å². The maximum Gasteiger partial charge on any atom is 0.226 e. The van der Waals surface area contributed by atoms with Crippen LogP contribution in [0.4, 0.5) is 5.82 Å². The number of nitrogens with one attached hydrogen (secondary N) is 2. The summed E-state index contributed by atoms with van der Waals surface area (Å²) < 4.78 is 7.27. The van der Waals surface area contributed by atoms with Crippen molar-refractivity contribution in [1.82, 2.24) is 29.9 Å². The third kappa shape index (κ3) is 3.20. The number of aromatic nitrogens is 6. The molecule has 1 aliphatic heterocycles. The molecule has 3 aromatic heterocycles. The number of carbonyl (C=O) groups is 1. The Labute approximate surface area is 172 Å². The minimum Gasteiger partial charge on any atom is -0.496 e. The molecule has 1 unspecified atom stereocenters. The number of hydrogen-bond donors (Lipinski definition) is 2. The molecule has 150 valence electrons. The van der Waals surface area contributed by atoms with Crippen molar-refractivity contribution in [2.24, 2.45) is 0 Å².